The van der Waals surface area contributed by atoms with Crippen LogP contribution in [0.15, 0.2) is 30.3 Å². The Kier molecular flexibility index (Phi) is 3.82. The summed E-state index contributed by atoms with van der Waals surface area (Å²) in [5, 5.41) is 3.63. The second-order valence-corrected chi connectivity index (χ2v) is 5.66. The number of aryl methyl sites for hydroxylation is 2. The first-order valence-corrected chi connectivity index (χ1v) is 7.63. The molecule has 0 bridgehead atoms. The number of hydrogen-bond donors (Lipinski definition) is 1. The smallest absolute Gasteiger partial charge is 0.122 e. The summed E-state index contributed by atoms with van der Waals surface area (Å²) in [5.74, 6) is 1.04. The SMILES string of the molecule is CCC(Nc1ccc(C)nc1C)c1ccc2c(c1)CCO2. The van der Waals surface area contributed by atoms with Crippen LogP contribution in [0.4, 0.5) is 5.69 Å². The van der Waals surface area contributed by atoms with E-state index < -0.39 is 0 Å². The Labute approximate surface area is 126 Å². The molecule has 21 heavy (non-hydrogen) atoms. The van der Waals surface area contributed by atoms with E-state index >= 15 is 0 Å². The van der Waals surface area contributed by atoms with Crippen molar-refractivity contribution < 1.29 is 4.74 Å². The third-order valence-electron chi connectivity index (χ3n) is 4.08. The van der Waals surface area contributed by atoms with Gasteiger partial charge in [0.1, 0.15) is 5.75 Å². The van der Waals surface area contributed by atoms with Crippen LogP contribution in [0, 0.1) is 13.8 Å². The van der Waals surface area contributed by atoms with Crippen LogP contribution in [0.3, 0.4) is 0 Å². The molecule has 1 atom stereocenters. The lowest BCUT2D eigenvalue weighted by molar-refractivity contribution is 0.357. The fourth-order valence-electron chi connectivity index (χ4n) is 2.87. The number of nitrogens with one attached hydrogen (secondary N) is 1. The van der Waals surface area contributed by atoms with E-state index in [4.69, 9.17) is 4.74 Å². The molecule has 110 valence electrons. The molecule has 1 aromatic carbocycles. The molecule has 2 heterocycles. The summed E-state index contributed by atoms with van der Waals surface area (Å²) in [5.41, 5.74) is 5.87. The summed E-state index contributed by atoms with van der Waals surface area (Å²) < 4.78 is 5.59. The van der Waals surface area contributed by atoms with Crippen molar-refractivity contribution in [3.05, 3.63) is 52.8 Å². The third kappa shape index (κ3) is 2.87. The second kappa shape index (κ2) is 5.76. The summed E-state index contributed by atoms with van der Waals surface area (Å²) >= 11 is 0. The molecule has 0 saturated heterocycles. The zero-order chi connectivity index (χ0) is 14.8. The highest BCUT2D eigenvalue weighted by atomic mass is 16.5. The minimum absolute atomic E-state index is 0.305. The number of nitrogens with zero attached hydrogens (tertiary/aromatic N) is 1. The van der Waals surface area contributed by atoms with Crippen LogP contribution in [0.5, 0.6) is 5.75 Å². The molecule has 1 aliphatic rings. The Morgan fingerprint density at radius 3 is 2.86 bits per heavy atom. The lowest BCUT2D eigenvalue weighted by atomic mass is 10.0. The quantitative estimate of drug-likeness (QED) is 0.912. The van der Waals surface area contributed by atoms with Gasteiger partial charge < -0.3 is 10.1 Å². The van der Waals surface area contributed by atoms with Crippen LogP contribution in [-0.2, 0) is 6.42 Å². The maximum atomic E-state index is 5.59. The van der Waals surface area contributed by atoms with E-state index in [2.05, 4.69) is 54.5 Å². The van der Waals surface area contributed by atoms with Crippen LogP contribution >= 0.6 is 0 Å². The third-order valence-corrected chi connectivity index (χ3v) is 4.08. The Hall–Kier alpha value is -2.03. The topological polar surface area (TPSA) is 34.2 Å². The Bertz CT molecular complexity index is 652. The van der Waals surface area contributed by atoms with Gasteiger partial charge in [-0.15, -0.1) is 0 Å². The summed E-state index contributed by atoms with van der Waals surface area (Å²) in [6.07, 6.45) is 2.05. The van der Waals surface area contributed by atoms with Crippen molar-refractivity contribution in [3.63, 3.8) is 0 Å². The Morgan fingerprint density at radius 2 is 2.10 bits per heavy atom. The van der Waals surface area contributed by atoms with Crippen molar-refractivity contribution >= 4 is 5.69 Å². The lowest BCUT2D eigenvalue weighted by Gasteiger charge is -2.20. The van der Waals surface area contributed by atoms with Gasteiger partial charge in [0.2, 0.25) is 0 Å². The van der Waals surface area contributed by atoms with Gasteiger partial charge >= 0.3 is 0 Å². The van der Waals surface area contributed by atoms with Gasteiger partial charge in [0, 0.05) is 12.1 Å². The van der Waals surface area contributed by atoms with Gasteiger partial charge in [0.05, 0.1) is 24.0 Å². The predicted molar refractivity (Wildman–Crippen MR) is 86.0 cm³/mol. The largest absolute Gasteiger partial charge is 0.493 e. The van der Waals surface area contributed by atoms with Crippen molar-refractivity contribution in [2.45, 2.75) is 39.7 Å². The number of anilines is 1. The van der Waals surface area contributed by atoms with Crippen LogP contribution in [-0.4, -0.2) is 11.6 Å². The molecule has 0 spiro atoms. The van der Waals surface area contributed by atoms with Crippen molar-refractivity contribution in [2.24, 2.45) is 0 Å². The maximum absolute atomic E-state index is 5.59. The molecule has 0 saturated carbocycles. The summed E-state index contributed by atoms with van der Waals surface area (Å²) in [6.45, 7) is 7.09. The van der Waals surface area contributed by atoms with E-state index in [1.807, 2.05) is 6.92 Å². The molecule has 1 aliphatic heterocycles. The van der Waals surface area contributed by atoms with Crippen LogP contribution in [0.2, 0.25) is 0 Å². The van der Waals surface area contributed by atoms with E-state index in [-0.39, 0.29) is 0 Å². The highest BCUT2D eigenvalue weighted by Crippen LogP contribution is 2.31. The van der Waals surface area contributed by atoms with Gasteiger partial charge in [-0.1, -0.05) is 13.0 Å². The first-order chi connectivity index (χ1) is 10.2. The van der Waals surface area contributed by atoms with Crippen molar-refractivity contribution in [2.75, 3.05) is 11.9 Å². The molecular formula is C18H22N2O. The van der Waals surface area contributed by atoms with Gasteiger partial charge in [0.15, 0.2) is 0 Å². The van der Waals surface area contributed by atoms with E-state index in [1.165, 1.54) is 11.1 Å². The molecule has 1 unspecified atom stereocenters. The van der Waals surface area contributed by atoms with Crippen LogP contribution in [0.1, 0.15) is 41.9 Å². The van der Waals surface area contributed by atoms with Crippen molar-refractivity contribution in [1.29, 1.82) is 0 Å². The monoisotopic (exact) mass is 282 g/mol. The van der Waals surface area contributed by atoms with Crippen molar-refractivity contribution in [1.82, 2.24) is 4.98 Å². The van der Waals surface area contributed by atoms with E-state index in [1.54, 1.807) is 0 Å². The molecule has 1 N–H and O–H groups in total. The number of hydrogen-bond acceptors (Lipinski definition) is 3. The number of ether oxygens (including phenoxy) is 1. The molecule has 0 fully saturated rings. The average molecular weight is 282 g/mol. The Morgan fingerprint density at radius 1 is 1.24 bits per heavy atom. The van der Waals surface area contributed by atoms with E-state index in [0.29, 0.717) is 6.04 Å². The Balaban J connectivity index is 1.85. The number of fused-ring (bicyclic) bond motifs is 1. The fourth-order valence-corrected chi connectivity index (χ4v) is 2.87. The molecule has 3 heteroatoms. The number of rotatable bonds is 4. The first kappa shape index (κ1) is 13.9. The average Bonchev–Trinajstić information content (AvgIpc) is 2.94. The molecule has 0 amide bonds. The molecule has 0 aliphatic carbocycles. The molecule has 1 aromatic heterocycles. The summed E-state index contributed by atoms with van der Waals surface area (Å²) in [4.78, 5) is 4.53. The maximum Gasteiger partial charge on any atom is 0.122 e. The summed E-state index contributed by atoms with van der Waals surface area (Å²) in [7, 11) is 0. The highest BCUT2D eigenvalue weighted by Gasteiger charge is 2.16. The van der Waals surface area contributed by atoms with Gasteiger partial charge in [-0.05, 0) is 55.7 Å². The normalized spacial score (nSPS) is 14.4. The number of pyridine rings is 1. The minimum Gasteiger partial charge on any atom is -0.493 e. The molecule has 2 aromatic rings. The van der Waals surface area contributed by atoms with E-state index in [9.17, 15) is 0 Å². The minimum atomic E-state index is 0.305. The predicted octanol–water partition coefficient (Wildman–Crippen LogP) is 4.20. The van der Waals surface area contributed by atoms with Crippen LogP contribution in [0.25, 0.3) is 0 Å². The summed E-state index contributed by atoms with van der Waals surface area (Å²) in [6, 6.07) is 11.0. The van der Waals surface area contributed by atoms with Gasteiger partial charge in [-0.2, -0.15) is 0 Å². The standard InChI is InChI=1S/C18H22N2O/c1-4-16(20-17-7-5-12(2)19-13(17)3)14-6-8-18-15(11-14)9-10-21-18/h5-8,11,16,20H,4,9-10H2,1-3H3. The molecule has 3 rings (SSSR count). The zero-order valence-corrected chi connectivity index (χ0v) is 12.9. The van der Waals surface area contributed by atoms with E-state index in [0.717, 1.165) is 42.3 Å². The van der Waals surface area contributed by atoms with Gasteiger partial charge in [0.25, 0.3) is 0 Å². The second-order valence-electron chi connectivity index (χ2n) is 5.66. The molecule has 0 radical (unpaired) electrons. The van der Waals surface area contributed by atoms with Crippen LogP contribution < -0.4 is 10.1 Å². The number of aromatic nitrogens is 1. The number of benzene rings is 1. The van der Waals surface area contributed by atoms with Gasteiger partial charge in [-0.3, -0.25) is 4.98 Å². The first-order valence-electron chi connectivity index (χ1n) is 7.63. The highest BCUT2D eigenvalue weighted by molar-refractivity contribution is 5.50. The molecule has 3 nitrogen and oxygen atoms in total. The van der Waals surface area contributed by atoms with Crippen molar-refractivity contribution in [3.8, 4) is 5.75 Å². The lowest BCUT2D eigenvalue weighted by Crippen LogP contribution is -2.11. The zero-order valence-electron chi connectivity index (χ0n) is 12.9. The fraction of sp³-hybridized carbons (Fsp3) is 0.389. The van der Waals surface area contributed by atoms with Gasteiger partial charge in [-0.25, -0.2) is 0 Å². The molecular weight excluding hydrogens is 260 g/mol.